The van der Waals surface area contributed by atoms with Crippen LogP contribution in [0.1, 0.15) is 13.3 Å². The molecule has 0 saturated carbocycles. The van der Waals surface area contributed by atoms with Crippen molar-refractivity contribution in [3.63, 3.8) is 0 Å². The van der Waals surface area contributed by atoms with Crippen molar-refractivity contribution in [2.24, 2.45) is 0 Å². The van der Waals surface area contributed by atoms with Crippen LogP contribution in [0.4, 0.5) is 5.69 Å². The molecule has 88 valence electrons. The molecule has 0 aromatic heterocycles. The van der Waals surface area contributed by atoms with Crippen molar-refractivity contribution in [1.29, 1.82) is 0 Å². The van der Waals surface area contributed by atoms with Crippen LogP contribution in [0.3, 0.4) is 0 Å². The van der Waals surface area contributed by atoms with Crippen molar-refractivity contribution in [3.05, 3.63) is 28.7 Å². The molecule has 0 amide bonds. The van der Waals surface area contributed by atoms with Crippen molar-refractivity contribution >= 4 is 33.4 Å². The second-order valence-electron chi connectivity index (χ2n) is 4.21. The first-order valence-corrected chi connectivity index (χ1v) is 7.27. The number of benzene rings is 1. The summed E-state index contributed by atoms with van der Waals surface area (Å²) in [5.41, 5.74) is 0.906. The summed E-state index contributed by atoms with van der Waals surface area (Å²) in [5.74, 6) is 1.11. The first-order valence-electron chi connectivity index (χ1n) is 5.42. The molecule has 0 bridgehead atoms. The number of nitrogens with one attached hydrogen (secondary N) is 1. The van der Waals surface area contributed by atoms with E-state index in [4.69, 9.17) is 0 Å². The van der Waals surface area contributed by atoms with Crippen molar-refractivity contribution in [1.82, 2.24) is 0 Å². The van der Waals surface area contributed by atoms with E-state index >= 15 is 0 Å². The summed E-state index contributed by atoms with van der Waals surface area (Å²) < 4.78 is 1.06. The lowest BCUT2D eigenvalue weighted by molar-refractivity contribution is 0.212. The molecule has 4 heteroatoms. The summed E-state index contributed by atoms with van der Waals surface area (Å²) in [5, 5.41) is 13.6. The molecule has 2 rings (SSSR count). The average molecular weight is 302 g/mol. The first-order chi connectivity index (χ1) is 7.66. The maximum Gasteiger partial charge on any atom is 0.0727 e. The number of aliphatic hydroxyl groups is 1. The van der Waals surface area contributed by atoms with E-state index in [1.807, 2.05) is 36.0 Å². The summed E-state index contributed by atoms with van der Waals surface area (Å²) in [4.78, 5) is 0. The van der Waals surface area contributed by atoms with E-state index in [0.717, 1.165) is 22.3 Å². The molecule has 2 atom stereocenters. The monoisotopic (exact) mass is 301 g/mol. The van der Waals surface area contributed by atoms with Crippen molar-refractivity contribution < 1.29 is 5.11 Å². The molecule has 0 radical (unpaired) electrons. The van der Waals surface area contributed by atoms with Gasteiger partial charge >= 0.3 is 0 Å². The minimum Gasteiger partial charge on any atom is -0.394 e. The van der Waals surface area contributed by atoms with Crippen LogP contribution in [0.15, 0.2) is 28.7 Å². The van der Waals surface area contributed by atoms with Gasteiger partial charge in [0.1, 0.15) is 0 Å². The lowest BCUT2D eigenvalue weighted by Gasteiger charge is -2.33. The summed E-state index contributed by atoms with van der Waals surface area (Å²) in [6, 6.07) is 8.10. The van der Waals surface area contributed by atoms with Gasteiger partial charge in [0, 0.05) is 15.4 Å². The van der Waals surface area contributed by atoms with Crippen LogP contribution in [0, 0.1) is 0 Å². The third-order valence-electron chi connectivity index (χ3n) is 3.19. The molecule has 1 fully saturated rings. The summed E-state index contributed by atoms with van der Waals surface area (Å²) in [6.45, 7) is 2.37. The van der Waals surface area contributed by atoms with Crippen LogP contribution in [-0.4, -0.2) is 28.3 Å². The molecule has 2 unspecified atom stereocenters. The molecule has 1 aliphatic rings. The summed E-state index contributed by atoms with van der Waals surface area (Å²) in [7, 11) is 0. The number of anilines is 1. The molecule has 16 heavy (non-hydrogen) atoms. The molecule has 1 aromatic rings. The van der Waals surface area contributed by atoms with E-state index in [-0.39, 0.29) is 12.1 Å². The highest BCUT2D eigenvalue weighted by molar-refractivity contribution is 9.10. The van der Waals surface area contributed by atoms with Crippen LogP contribution in [0.2, 0.25) is 0 Å². The first kappa shape index (κ1) is 12.3. The van der Waals surface area contributed by atoms with Crippen LogP contribution in [0.5, 0.6) is 0 Å². The zero-order valence-corrected chi connectivity index (χ0v) is 11.6. The molecule has 0 aliphatic carbocycles. The Morgan fingerprint density at radius 3 is 3.00 bits per heavy atom. The third kappa shape index (κ3) is 2.39. The lowest BCUT2D eigenvalue weighted by atomic mass is 9.93. The van der Waals surface area contributed by atoms with Crippen LogP contribution >= 0.6 is 27.7 Å². The Hall–Kier alpha value is -0.190. The van der Waals surface area contributed by atoms with Gasteiger partial charge in [0.05, 0.1) is 12.1 Å². The maximum atomic E-state index is 9.63. The minimum atomic E-state index is -0.161. The number of hydrogen-bond donors (Lipinski definition) is 2. The van der Waals surface area contributed by atoms with E-state index in [1.165, 1.54) is 0 Å². The maximum absolute atomic E-state index is 9.63. The van der Waals surface area contributed by atoms with Gasteiger partial charge in [0.25, 0.3) is 0 Å². The second kappa shape index (κ2) is 4.98. The smallest absolute Gasteiger partial charge is 0.0727 e. The molecule has 1 aliphatic heterocycles. The fourth-order valence-corrected chi connectivity index (χ4v) is 3.85. The topological polar surface area (TPSA) is 32.3 Å². The van der Waals surface area contributed by atoms with Gasteiger partial charge in [-0.05, 0) is 30.4 Å². The molecular weight excluding hydrogens is 286 g/mol. The number of aliphatic hydroxyl groups excluding tert-OH is 1. The predicted molar refractivity (Wildman–Crippen MR) is 74.1 cm³/mol. The quantitative estimate of drug-likeness (QED) is 0.900. The Kier molecular flexibility index (Phi) is 3.82. The van der Waals surface area contributed by atoms with Gasteiger partial charge in [-0.3, -0.25) is 0 Å². The van der Waals surface area contributed by atoms with Crippen LogP contribution < -0.4 is 5.32 Å². The zero-order chi connectivity index (χ0) is 11.6. The van der Waals surface area contributed by atoms with Gasteiger partial charge in [0.2, 0.25) is 0 Å². The van der Waals surface area contributed by atoms with Gasteiger partial charge in [-0.2, -0.15) is 11.8 Å². The fourth-order valence-electron chi connectivity index (χ4n) is 2.05. The second-order valence-corrected chi connectivity index (χ2v) is 6.58. The van der Waals surface area contributed by atoms with E-state index in [9.17, 15) is 5.11 Å². The van der Waals surface area contributed by atoms with Gasteiger partial charge < -0.3 is 10.4 Å². The highest BCUT2D eigenvalue weighted by Crippen LogP contribution is 2.38. The summed E-state index contributed by atoms with van der Waals surface area (Å²) >= 11 is 5.38. The average Bonchev–Trinajstić information content (AvgIpc) is 2.61. The van der Waals surface area contributed by atoms with E-state index in [1.54, 1.807) is 0 Å². The normalized spacial score (nSPS) is 29.3. The van der Waals surface area contributed by atoms with E-state index in [2.05, 4.69) is 28.2 Å². The standard InChI is InChI=1S/C12H16BrNOS/c1-9-12(8-15,5-6-16-9)14-11-4-2-3-10(13)7-11/h2-4,7,9,14-15H,5-6,8H2,1H3. The largest absolute Gasteiger partial charge is 0.394 e. The van der Waals surface area contributed by atoms with Gasteiger partial charge in [-0.15, -0.1) is 0 Å². The molecule has 0 spiro atoms. The van der Waals surface area contributed by atoms with Gasteiger partial charge in [-0.1, -0.05) is 28.9 Å². The van der Waals surface area contributed by atoms with Gasteiger partial charge in [0.15, 0.2) is 0 Å². The number of hydrogen-bond acceptors (Lipinski definition) is 3. The van der Waals surface area contributed by atoms with E-state index in [0.29, 0.717) is 5.25 Å². The SMILES string of the molecule is CC1SCCC1(CO)Nc1cccc(Br)c1. The Bertz CT molecular complexity index is 374. The molecule has 2 N–H and O–H groups in total. The zero-order valence-electron chi connectivity index (χ0n) is 9.24. The Morgan fingerprint density at radius 1 is 1.62 bits per heavy atom. The van der Waals surface area contributed by atoms with Crippen molar-refractivity contribution in [3.8, 4) is 0 Å². The van der Waals surface area contributed by atoms with Gasteiger partial charge in [-0.25, -0.2) is 0 Å². The van der Waals surface area contributed by atoms with Crippen LogP contribution in [-0.2, 0) is 0 Å². The molecular formula is C12H16BrNOS. The molecule has 1 aromatic carbocycles. The number of halogens is 1. The Labute approximate surface area is 109 Å². The highest BCUT2D eigenvalue weighted by Gasteiger charge is 2.40. The Balaban J connectivity index is 2.18. The molecule has 1 saturated heterocycles. The fraction of sp³-hybridized carbons (Fsp3) is 0.500. The highest BCUT2D eigenvalue weighted by atomic mass is 79.9. The number of rotatable bonds is 3. The molecule has 1 heterocycles. The van der Waals surface area contributed by atoms with Crippen molar-refractivity contribution in [2.75, 3.05) is 17.7 Å². The minimum absolute atomic E-state index is 0.161. The molecule has 2 nitrogen and oxygen atoms in total. The third-order valence-corrected chi connectivity index (χ3v) is 5.08. The van der Waals surface area contributed by atoms with Crippen molar-refractivity contribution in [2.45, 2.75) is 24.1 Å². The number of thioether (sulfide) groups is 1. The summed E-state index contributed by atoms with van der Waals surface area (Å²) in [6.07, 6.45) is 1.02. The lowest BCUT2D eigenvalue weighted by Crippen LogP contribution is -2.46. The predicted octanol–water partition coefficient (Wildman–Crippen LogP) is 3.12. The Morgan fingerprint density at radius 2 is 2.44 bits per heavy atom. The van der Waals surface area contributed by atoms with E-state index < -0.39 is 0 Å². The van der Waals surface area contributed by atoms with Crippen LogP contribution in [0.25, 0.3) is 0 Å².